The summed E-state index contributed by atoms with van der Waals surface area (Å²) in [7, 11) is 0. The van der Waals surface area contributed by atoms with Gasteiger partial charge in [0.15, 0.2) is 5.60 Å². The molecule has 2 heteroatoms. The van der Waals surface area contributed by atoms with Crippen LogP contribution < -0.4 is 0 Å². The van der Waals surface area contributed by atoms with E-state index in [2.05, 4.69) is 30.2 Å². The van der Waals surface area contributed by atoms with Crippen LogP contribution in [0.3, 0.4) is 0 Å². The van der Waals surface area contributed by atoms with E-state index in [9.17, 15) is 5.11 Å². The van der Waals surface area contributed by atoms with Crippen molar-refractivity contribution in [3.8, 4) is 23.5 Å². The van der Waals surface area contributed by atoms with Gasteiger partial charge in [-0.2, -0.15) is 0 Å². The van der Waals surface area contributed by atoms with E-state index in [0.717, 1.165) is 0 Å². The maximum Gasteiger partial charge on any atom is 0.173 e. The lowest BCUT2D eigenvalue weighted by molar-refractivity contribution is 0.0289. The summed E-state index contributed by atoms with van der Waals surface area (Å²) in [5, 5.41) is 18.4. The second-order valence-corrected chi connectivity index (χ2v) is 3.74. The molecule has 80 valence electrons. The maximum atomic E-state index is 9.32. The molecular formula is C14H12O2. The summed E-state index contributed by atoms with van der Waals surface area (Å²) in [6, 6.07) is 8.48. The largest absolute Gasteiger partial charge is 0.385 e. The zero-order valence-electron chi connectivity index (χ0n) is 8.67. The maximum absolute atomic E-state index is 9.32. The molecule has 2 atom stereocenters. The Morgan fingerprint density at radius 2 is 1.94 bits per heavy atom. The number of hydrogen-bond donors (Lipinski definition) is 2. The molecule has 16 heavy (non-hydrogen) atoms. The van der Waals surface area contributed by atoms with Gasteiger partial charge in [-0.25, -0.2) is 0 Å². The fourth-order valence-corrected chi connectivity index (χ4v) is 1.43. The highest BCUT2D eigenvalue weighted by atomic mass is 16.3. The molecule has 0 aromatic carbocycles. The molecule has 3 rings (SSSR count). The molecule has 0 spiro atoms. The number of terminal acetylenes is 1. The summed E-state index contributed by atoms with van der Waals surface area (Å²) < 4.78 is 0. The lowest BCUT2D eigenvalue weighted by atomic mass is 9.93. The Morgan fingerprint density at radius 1 is 1.25 bits per heavy atom. The molecule has 2 N–H and O–H groups in total. The van der Waals surface area contributed by atoms with Crippen molar-refractivity contribution in [3.63, 3.8) is 0 Å². The Bertz CT molecular complexity index is 476. The molecule has 2 nitrogen and oxygen atoms in total. The molecule has 0 amide bonds. The van der Waals surface area contributed by atoms with E-state index in [-0.39, 0.29) is 0 Å². The van der Waals surface area contributed by atoms with Gasteiger partial charge in [-0.3, -0.25) is 0 Å². The van der Waals surface area contributed by atoms with Crippen LogP contribution in [-0.2, 0) is 0 Å². The first-order valence-corrected chi connectivity index (χ1v) is 5.00. The zero-order valence-corrected chi connectivity index (χ0v) is 8.67. The Hall–Kier alpha value is -1.82. The van der Waals surface area contributed by atoms with Crippen molar-refractivity contribution in [2.24, 2.45) is 0 Å². The van der Waals surface area contributed by atoms with E-state index in [0.29, 0.717) is 0 Å². The molecule has 0 heterocycles. The number of aliphatic hydroxyl groups excluding tert-OH is 1. The molecule has 0 aromatic heterocycles. The van der Waals surface area contributed by atoms with Gasteiger partial charge < -0.3 is 10.2 Å². The number of aliphatic hydroxyl groups is 2. The topological polar surface area (TPSA) is 40.5 Å². The lowest BCUT2D eigenvalue weighted by Gasteiger charge is -2.23. The van der Waals surface area contributed by atoms with Crippen LogP contribution in [0.5, 0.6) is 0 Å². The van der Waals surface area contributed by atoms with Gasteiger partial charge in [0.25, 0.3) is 0 Å². The molecule has 0 aliphatic heterocycles. The predicted octanol–water partition coefficient (Wildman–Crippen LogP) is 1.50. The zero-order chi connectivity index (χ0) is 11.6. The quantitative estimate of drug-likeness (QED) is 0.650. The normalized spacial score (nSPS) is 27.7. The van der Waals surface area contributed by atoms with Crippen molar-refractivity contribution in [3.05, 3.63) is 48.6 Å². The minimum absolute atomic E-state index is 0.984. The third-order valence-corrected chi connectivity index (χ3v) is 2.55. The van der Waals surface area contributed by atoms with E-state index in [1.807, 2.05) is 0 Å². The average Bonchev–Trinajstić information content (AvgIpc) is 2.91. The van der Waals surface area contributed by atoms with Crippen LogP contribution in [0.25, 0.3) is 11.1 Å². The molecule has 0 bridgehead atoms. The molecule has 0 saturated heterocycles. The van der Waals surface area contributed by atoms with Gasteiger partial charge >= 0.3 is 0 Å². The predicted molar refractivity (Wildman–Crippen MR) is 63.5 cm³/mol. The molecular weight excluding hydrogens is 200 g/mol. The smallest absolute Gasteiger partial charge is 0.173 e. The second-order valence-electron chi connectivity index (χ2n) is 3.74. The van der Waals surface area contributed by atoms with Crippen molar-refractivity contribution in [2.45, 2.75) is 11.7 Å². The summed E-state index contributed by atoms with van der Waals surface area (Å²) in [5.41, 5.74) is 1.35. The third kappa shape index (κ3) is 2.06. The highest BCUT2D eigenvalue weighted by molar-refractivity contribution is 5.80. The van der Waals surface area contributed by atoms with Gasteiger partial charge in [0.1, 0.15) is 6.10 Å². The summed E-state index contributed by atoms with van der Waals surface area (Å²) in [4.78, 5) is 0. The van der Waals surface area contributed by atoms with Crippen LogP contribution in [0.2, 0.25) is 0 Å². The van der Waals surface area contributed by atoms with Gasteiger partial charge in [-0.15, -0.1) is 6.42 Å². The summed E-state index contributed by atoms with van der Waals surface area (Å²) in [6.07, 6.45) is 10.1. The van der Waals surface area contributed by atoms with Gasteiger partial charge in [-0.05, 0) is 23.3 Å². The van der Waals surface area contributed by atoms with E-state index in [4.69, 9.17) is 11.5 Å². The van der Waals surface area contributed by atoms with E-state index < -0.39 is 11.7 Å². The molecule has 2 unspecified atom stereocenters. The Labute approximate surface area is 94.6 Å². The van der Waals surface area contributed by atoms with E-state index in [1.54, 1.807) is 12.2 Å². The van der Waals surface area contributed by atoms with Gasteiger partial charge in [0.2, 0.25) is 0 Å². The fourth-order valence-electron chi connectivity index (χ4n) is 1.43. The van der Waals surface area contributed by atoms with E-state index >= 15 is 0 Å². The highest BCUT2D eigenvalue weighted by Gasteiger charge is 2.29. The summed E-state index contributed by atoms with van der Waals surface area (Å²) in [6.45, 7) is 0. The average molecular weight is 212 g/mol. The minimum atomic E-state index is -1.51. The number of benzene rings is 1. The lowest BCUT2D eigenvalue weighted by Crippen LogP contribution is -2.38. The molecule has 0 saturated carbocycles. The molecule has 0 fully saturated rings. The van der Waals surface area contributed by atoms with Crippen LogP contribution in [0.1, 0.15) is 0 Å². The first-order valence-electron chi connectivity index (χ1n) is 5.00. The Balaban J connectivity index is 0.000000134. The third-order valence-electron chi connectivity index (χ3n) is 2.55. The number of fused-ring (bicyclic) bond motifs is 1. The first-order chi connectivity index (χ1) is 7.65. The minimum Gasteiger partial charge on any atom is -0.385 e. The van der Waals surface area contributed by atoms with Crippen LogP contribution >= 0.6 is 0 Å². The van der Waals surface area contributed by atoms with Crippen LogP contribution in [0.15, 0.2) is 48.6 Å². The van der Waals surface area contributed by atoms with Crippen molar-refractivity contribution < 1.29 is 10.2 Å². The molecule has 3 aliphatic carbocycles. The van der Waals surface area contributed by atoms with Crippen molar-refractivity contribution in [1.82, 2.24) is 0 Å². The van der Waals surface area contributed by atoms with Crippen LogP contribution in [0, 0.1) is 12.3 Å². The van der Waals surface area contributed by atoms with Gasteiger partial charge in [-0.1, -0.05) is 42.3 Å². The SMILES string of the molecule is C#CC1(O)C=CC=CC1O.c1cc2cc-2c1. The standard InChI is InChI=1S/C8H8O2.C6H4/c1-2-8(10)6-4-3-5-7(8)9;1-2-5-4-6(5)3-1/h1,3-7,9-10H;1-4H. The van der Waals surface area contributed by atoms with Gasteiger partial charge in [0, 0.05) is 0 Å². The van der Waals surface area contributed by atoms with Crippen LogP contribution in [-0.4, -0.2) is 21.9 Å². The summed E-state index contributed by atoms with van der Waals surface area (Å²) in [5.74, 6) is 2.10. The summed E-state index contributed by atoms with van der Waals surface area (Å²) >= 11 is 0. The van der Waals surface area contributed by atoms with E-state index in [1.165, 1.54) is 23.3 Å². The number of hydrogen-bond acceptors (Lipinski definition) is 2. The molecule has 0 radical (unpaired) electrons. The Kier molecular flexibility index (Phi) is 2.66. The fraction of sp³-hybridized carbons (Fsp3) is 0.143. The van der Waals surface area contributed by atoms with Crippen molar-refractivity contribution in [2.75, 3.05) is 0 Å². The van der Waals surface area contributed by atoms with Crippen molar-refractivity contribution in [1.29, 1.82) is 0 Å². The van der Waals surface area contributed by atoms with Crippen molar-refractivity contribution >= 4 is 0 Å². The van der Waals surface area contributed by atoms with Gasteiger partial charge in [0.05, 0.1) is 0 Å². The highest BCUT2D eigenvalue weighted by Crippen LogP contribution is 2.32. The van der Waals surface area contributed by atoms with Crippen LogP contribution in [0.4, 0.5) is 0 Å². The number of allylic oxidation sites excluding steroid dienone is 2. The molecule has 0 aromatic rings. The monoisotopic (exact) mass is 212 g/mol. The Morgan fingerprint density at radius 3 is 2.25 bits per heavy atom. The first kappa shape index (κ1) is 10.7. The number of rotatable bonds is 0. The second kappa shape index (κ2) is 3.97. The molecule has 3 aliphatic rings.